The summed E-state index contributed by atoms with van der Waals surface area (Å²) in [5, 5.41) is 12.4. The molecule has 0 aliphatic rings. The van der Waals surface area contributed by atoms with Crippen molar-refractivity contribution < 1.29 is 23.6 Å². The van der Waals surface area contributed by atoms with E-state index < -0.39 is 11.8 Å². The number of carboxylic acids is 1. The Labute approximate surface area is 106 Å². The first-order chi connectivity index (χ1) is 8.52. The molecule has 2 rings (SSSR count). The van der Waals surface area contributed by atoms with E-state index in [9.17, 15) is 9.18 Å². The number of aromatic carboxylic acids is 1. The maximum absolute atomic E-state index is 13.6. The topological polar surface area (TPSA) is 72.6 Å². The number of nitrogens with zero attached hydrogens (tertiary/aromatic N) is 1. The van der Waals surface area contributed by atoms with Crippen LogP contribution < -0.4 is 4.74 Å². The molecular weight excluding hydrogens is 265 g/mol. The van der Waals surface area contributed by atoms with Gasteiger partial charge in [0.1, 0.15) is 5.69 Å². The largest absolute Gasteiger partial charge is 0.493 e. The number of carbonyl (C=O) groups is 1. The molecule has 0 saturated heterocycles. The predicted octanol–water partition coefficient (Wildman–Crippen LogP) is 2.84. The number of hydrogen-bond acceptors (Lipinski definition) is 4. The summed E-state index contributed by atoms with van der Waals surface area (Å²) in [6, 6.07) is 3.66. The van der Waals surface area contributed by atoms with Crippen LogP contribution in [-0.4, -0.2) is 23.3 Å². The molecule has 0 aliphatic carbocycles. The molecule has 0 unspecified atom stereocenters. The van der Waals surface area contributed by atoms with Crippen LogP contribution in [0, 0.1) is 5.82 Å². The van der Waals surface area contributed by atoms with Gasteiger partial charge in [-0.2, -0.15) is 0 Å². The lowest BCUT2D eigenvalue weighted by Gasteiger charge is -2.07. The average Bonchev–Trinajstić information content (AvgIpc) is 2.77. The number of methoxy groups -OCH3 is 1. The van der Waals surface area contributed by atoms with E-state index in [1.165, 1.54) is 13.2 Å². The molecule has 1 aromatic heterocycles. The van der Waals surface area contributed by atoms with Crippen LogP contribution in [0.2, 0.25) is 5.02 Å². The number of halogens is 2. The molecule has 7 heteroatoms. The molecule has 1 aromatic carbocycles. The molecule has 0 amide bonds. The second kappa shape index (κ2) is 4.66. The fraction of sp³-hybridized carbons (Fsp3) is 0.0909. The van der Waals surface area contributed by atoms with Gasteiger partial charge in [0.05, 0.1) is 12.7 Å². The van der Waals surface area contributed by atoms with Crippen LogP contribution >= 0.6 is 11.6 Å². The van der Waals surface area contributed by atoms with Crippen molar-refractivity contribution in [2.45, 2.75) is 0 Å². The van der Waals surface area contributed by atoms with Crippen molar-refractivity contribution >= 4 is 17.6 Å². The third-order valence-corrected chi connectivity index (χ3v) is 2.43. The predicted molar refractivity (Wildman–Crippen MR) is 60.4 cm³/mol. The van der Waals surface area contributed by atoms with Crippen LogP contribution in [0.4, 0.5) is 4.39 Å². The van der Waals surface area contributed by atoms with Gasteiger partial charge in [-0.15, -0.1) is 0 Å². The molecule has 18 heavy (non-hydrogen) atoms. The SMILES string of the molecule is COc1c(F)cc(Cl)cc1-c1cc(C(=O)O)on1. The second-order valence-electron chi connectivity index (χ2n) is 3.35. The first-order valence-corrected chi connectivity index (χ1v) is 5.14. The zero-order valence-electron chi connectivity index (χ0n) is 9.11. The zero-order chi connectivity index (χ0) is 13.3. The summed E-state index contributed by atoms with van der Waals surface area (Å²) >= 11 is 5.73. The normalized spacial score (nSPS) is 10.4. The number of carboxylic acid groups (broad SMARTS) is 1. The summed E-state index contributed by atoms with van der Waals surface area (Å²) in [5.74, 6) is -2.37. The van der Waals surface area contributed by atoms with Crippen LogP contribution in [-0.2, 0) is 0 Å². The minimum absolute atomic E-state index is 0.0790. The molecule has 1 N–H and O–H groups in total. The third-order valence-electron chi connectivity index (χ3n) is 2.21. The van der Waals surface area contributed by atoms with E-state index in [2.05, 4.69) is 9.68 Å². The van der Waals surface area contributed by atoms with E-state index in [-0.39, 0.29) is 27.8 Å². The molecule has 94 valence electrons. The van der Waals surface area contributed by atoms with Crippen LogP contribution in [0.3, 0.4) is 0 Å². The fourth-order valence-electron chi connectivity index (χ4n) is 1.46. The monoisotopic (exact) mass is 271 g/mol. The van der Waals surface area contributed by atoms with Crippen LogP contribution in [0.1, 0.15) is 10.6 Å². The van der Waals surface area contributed by atoms with E-state index in [0.717, 1.165) is 12.1 Å². The molecule has 0 fully saturated rings. The van der Waals surface area contributed by atoms with Crippen LogP contribution in [0.15, 0.2) is 22.7 Å². The molecule has 0 radical (unpaired) electrons. The van der Waals surface area contributed by atoms with Gasteiger partial charge in [-0.1, -0.05) is 16.8 Å². The first kappa shape index (κ1) is 12.4. The highest BCUT2D eigenvalue weighted by Crippen LogP contribution is 2.34. The minimum atomic E-state index is -1.27. The Hall–Kier alpha value is -2.08. The number of benzene rings is 1. The van der Waals surface area contributed by atoms with Gasteiger partial charge >= 0.3 is 5.97 Å². The van der Waals surface area contributed by atoms with Crippen molar-refractivity contribution in [3.8, 4) is 17.0 Å². The minimum Gasteiger partial charge on any atom is -0.493 e. The number of aromatic nitrogens is 1. The summed E-state index contributed by atoms with van der Waals surface area (Å²) in [6.45, 7) is 0. The summed E-state index contributed by atoms with van der Waals surface area (Å²) in [6.07, 6.45) is 0. The molecule has 2 aromatic rings. The summed E-state index contributed by atoms with van der Waals surface area (Å²) in [7, 11) is 1.29. The Kier molecular flexibility index (Phi) is 3.20. The third kappa shape index (κ3) is 2.14. The van der Waals surface area contributed by atoms with E-state index in [1.807, 2.05) is 0 Å². The van der Waals surface area contributed by atoms with Crippen molar-refractivity contribution in [3.05, 3.63) is 34.8 Å². The van der Waals surface area contributed by atoms with Gasteiger partial charge in [-0.3, -0.25) is 0 Å². The Bertz CT molecular complexity index is 611. The number of ether oxygens (including phenoxy) is 1. The zero-order valence-corrected chi connectivity index (χ0v) is 9.86. The van der Waals surface area contributed by atoms with E-state index in [4.69, 9.17) is 21.4 Å². The lowest BCUT2D eigenvalue weighted by Crippen LogP contribution is -1.93. The van der Waals surface area contributed by atoms with Crippen molar-refractivity contribution in [1.82, 2.24) is 5.16 Å². The van der Waals surface area contributed by atoms with Gasteiger partial charge in [0, 0.05) is 11.1 Å². The Balaban J connectivity index is 2.58. The molecule has 0 spiro atoms. The average molecular weight is 272 g/mol. The van der Waals surface area contributed by atoms with Gasteiger partial charge < -0.3 is 14.4 Å². The smallest absolute Gasteiger partial charge is 0.374 e. The van der Waals surface area contributed by atoms with Crippen molar-refractivity contribution in [2.24, 2.45) is 0 Å². The Morgan fingerprint density at radius 3 is 2.78 bits per heavy atom. The molecule has 0 saturated carbocycles. The summed E-state index contributed by atoms with van der Waals surface area (Å²) in [4.78, 5) is 10.7. The van der Waals surface area contributed by atoms with E-state index >= 15 is 0 Å². The maximum Gasteiger partial charge on any atom is 0.374 e. The Morgan fingerprint density at radius 1 is 1.50 bits per heavy atom. The van der Waals surface area contributed by atoms with Gasteiger partial charge in [0.15, 0.2) is 11.6 Å². The fourth-order valence-corrected chi connectivity index (χ4v) is 1.67. The maximum atomic E-state index is 13.6. The number of hydrogen-bond donors (Lipinski definition) is 1. The van der Waals surface area contributed by atoms with Crippen molar-refractivity contribution in [2.75, 3.05) is 7.11 Å². The van der Waals surface area contributed by atoms with Crippen molar-refractivity contribution in [3.63, 3.8) is 0 Å². The molecule has 5 nitrogen and oxygen atoms in total. The Morgan fingerprint density at radius 2 is 2.22 bits per heavy atom. The first-order valence-electron chi connectivity index (χ1n) is 4.76. The van der Waals surface area contributed by atoms with Gasteiger partial charge in [-0.05, 0) is 12.1 Å². The summed E-state index contributed by atoms with van der Waals surface area (Å²) < 4.78 is 23.1. The standard InChI is InChI=1S/C11H7ClFNO4/c1-17-10-6(2-5(12)3-7(10)13)8-4-9(11(15)16)18-14-8/h2-4H,1H3,(H,15,16). The molecule has 0 atom stereocenters. The highest BCUT2D eigenvalue weighted by molar-refractivity contribution is 6.31. The summed E-state index contributed by atoms with van der Waals surface area (Å²) in [5.41, 5.74) is 0.351. The van der Waals surface area contributed by atoms with Gasteiger partial charge in [0.2, 0.25) is 5.76 Å². The number of rotatable bonds is 3. The van der Waals surface area contributed by atoms with E-state index in [0.29, 0.717) is 0 Å². The van der Waals surface area contributed by atoms with Crippen molar-refractivity contribution in [1.29, 1.82) is 0 Å². The van der Waals surface area contributed by atoms with E-state index in [1.54, 1.807) is 0 Å². The molecule has 0 bridgehead atoms. The molecular formula is C11H7ClFNO4. The van der Waals surface area contributed by atoms with Crippen LogP contribution in [0.5, 0.6) is 5.75 Å². The highest BCUT2D eigenvalue weighted by atomic mass is 35.5. The lowest BCUT2D eigenvalue weighted by atomic mass is 10.1. The van der Waals surface area contributed by atoms with Crippen LogP contribution in [0.25, 0.3) is 11.3 Å². The van der Waals surface area contributed by atoms with Gasteiger partial charge in [0.25, 0.3) is 0 Å². The lowest BCUT2D eigenvalue weighted by molar-refractivity contribution is 0.0652. The quantitative estimate of drug-likeness (QED) is 0.929. The van der Waals surface area contributed by atoms with Gasteiger partial charge in [-0.25, -0.2) is 9.18 Å². The highest BCUT2D eigenvalue weighted by Gasteiger charge is 2.18. The second-order valence-corrected chi connectivity index (χ2v) is 3.79. The molecule has 1 heterocycles. The molecule has 0 aliphatic heterocycles.